The molecule has 0 fully saturated rings. The minimum Gasteiger partial charge on any atom is -0.368 e. The Kier molecular flexibility index (Phi) is 10.0. The Hall–Kier alpha value is -1.94. The molecule has 1 aromatic carbocycles. The van der Waals surface area contributed by atoms with Crippen LogP contribution >= 0.6 is 0 Å². The van der Waals surface area contributed by atoms with Crippen LogP contribution in [0.4, 0.5) is 5.95 Å². The monoisotopic (exact) mass is 260 g/mol. The third-order valence-corrected chi connectivity index (χ3v) is 2.31. The van der Waals surface area contributed by atoms with E-state index in [0.717, 1.165) is 6.54 Å². The van der Waals surface area contributed by atoms with Gasteiger partial charge in [0.15, 0.2) is 0 Å². The van der Waals surface area contributed by atoms with E-state index in [1.807, 2.05) is 32.0 Å². The van der Waals surface area contributed by atoms with Crippen LogP contribution in [0.2, 0.25) is 0 Å². The van der Waals surface area contributed by atoms with Gasteiger partial charge < -0.3 is 11.5 Å². The fourth-order valence-electron chi connectivity index (χ4n) is 1.23. The molecule has 19 heavy (non-hydrogen) atoms. The topological polar surface area (TPSA) is 77.8 Å². The van der Waals surface area contributed by atoms with Gasteiger partial charge in [-0.3, -0.25) is 0 Å². The molecule has 0 saturated carbocycles. The molecule has 1 atom stereocenters. The molecule has 2 rings (SSSR count). The van der Waals surface area contributed by atoms with E-state index in [1.165, 1.54) is 5.56 Å². The summed E-state index contributed by atoms with van der Waals surface area (Å²) in [6, 6.07) is 12.0. The molecule has 4 N–H and O–H groups in total. The van der Waals surface area contributed by atoms with Crippen LogP contribution < -0.4 is 11.5 Å². The summed E-state index contributed by atoms with van der Waals surface area (Å²) in [4.78, 5) is 7.29. The maximum Gasteiger partial charge on any atom is 0.219 e. The SMILES string of the molecule is CC.CC(CN)c1ccccc1.Nc1ncccn1. The summed E-state index contributed by atoms with van der Waals surface area (Å²) in [6.45, 7) is 6.86. The molecule has 4 heteroatoms. The zero-order valence-electron chi connectivity index (χ0n) is 12.0. The van der Waals surface area contributed by atoms with E-state index in [-0.39, 0.29) is 0 Å². The second-order valence-corrected chi connectivity index (χ2v) is 3.65. The molecule has 1 aromatic heterocycles. The van der Waals surface area contributed by atoms with E-state index >= 15 is 0 Å². The van der Waals surface area contributed by atoms with Gasteiger partial charge in [-0.1, -0.05) is 51.1 Å². The van der Waals surface area contributed by atoms with E-state index in [4.69, 9.17) is 11.5 Å². The summed E-state index contributed by atoms with van der Waals surface area (Å²) in [5.74, 6) is 0.809. The normalized spacial score (nSPS) is 10.3. The Morgan fingerprint density at radius 3 is 1.89 bits per heavy atom. The van der Waals surface area contributed by atoms with E-state index in [0.29, 0.717) is 11.9 Å². The second-order valence-electron chi connectivity index (χ2n) is 3.65. The van der Waals surface area contributed by atoms with Gasteiger partial charge >= 0.3 is 0 Å². The molecule has 0 aliphatic heterocycles. The highest BCUT2D eigenvalue weighted by Crippen LogP contribution is 2.11. The lowest BCUT2D eigenvalue weighted by molar-refractivity contribution is 0.774. The zero-order valence-corrected chi connectivity index (χ0v) is 12.0. The molecule has 0 bridgehead atoms. The van der Waals surface area contributed by atoms with Gasteiger partial charge in [-0.15, -0.1) is 0 Å². The molecule has 2 aromatic rings. The average molecular weight is 260 g/mol. The molecule has 0 spiro atoms. The van der Waals surface area contributed by atoms with Crippen LogP contribution in [0.1, 0.15) is 32.3 Å². The lowest BCUT2D eigenvalue weighted by Gasteiger charge is -2.06. The zero-order chi connectivity index (χ0) is 14.5. The van der Waals surface area contributed by atoms with Crippen LogP contribution in [-0.2, 0) is 0 Å². The Balaban J connectivity index is 0.000000316. The number of benzene rings is 1. The lowest BCUT2D eigenvalue weighted by atomic mass is 10.0. The average Bonchev–Trinajstić information content (AvgIpc) is 2.51. The summed E-state index contributed by atoms with van der Waals surface area (Å²) < 4.78 is 0. The van der Waals surface area contributed by atoms with Crippen LogP contribution in [0.25, 0.3) is 0 Å². The Morgan fingerprint density at radius 1 is 1.00 bits per heavy atom. The number of rotatable bonds is 2. The van der Waals surface area contributed by atoms with Crippen molar-refractivity contribution in [2.24, 2.45) is 5.73 Å². The minimum atomic E-state index is 0.322. The number of hydrogen-bond acceptors (Lipinski definition) is 4. The maximum atomic E-state index is 5.50. The van der Waals surface area contributed by atoms with Gasteiger partial charge in [-0.25, -0.2) is 9.97 Å². The van der Waals surface area contributed by atoms with Crippen LogP contribution in [0.3, 0.4) is 0 Å². The van der Waals surface area contributed by atoms with Crippen LogP contribution in [0.5, 0.6) is 0 Å². The van der Waals surface area contributed by atoms with Gasteiger partial charge in [0, 0.05) is 12.4 Å². The van der Waals surface area contributed by atoms with Crippen molar-refractivity contribution in [2.75, 3.05) is 12.3 Å². The summed E-state index contributed by atoms with van der Waals surface area (Å²) in [7, 11) is 0. The highest BCUT2D eigenvalue weighted by molar-refractivity contribution is 5.18. The van der Waals surface area contributed by atoms with Gasteiger partial charge in [0.1, 0.15) is 0 Å². The number of hydrogen-bond donors (Lipinski definition) is 2. The van der Waals surface area contributed by atoms with Crippen molar-refractivity contribution < 1.29 is 0 Å². The minimum absolute atomic E-state index is 0.322. The summed E-state index contributed by atoms with van der Waals surface area (Å²) >= 11 is 0. The van der Waals surface area contributed by atoms with Gasteiger partial charge in [0.05, 0.1) is 0 Å². The molecular weight excluding hydrogens is 236 g/mol. The summed E-state index contributed by atoms with van der Waals surface area (Å²) in [6.07, 6.45) is 3.20. The molecule has 4 nitrogen and oxygen atoms in total. The van der Waals surface area contributed by atoms with E-state index in [9.17, 15) is 0 Å². The molecule has 0 amide bonds. The van der Waals surface area contributed by atoms with E-state index in [2.05, 4.69) is 29.0 Å². The van der Waals surface area contributed by atoms with Crippen molar-refractivity contribution in [3.8, 4) is 0 Å². The standard InChI is InChI=1S/C9H13N.C4H5N3.C2H6/c1-8(7-10)9-5-3-2-4-6-9;5-4-6-2-1-3-7-4;1-2/h2-6,8H,7,10H2,1H3;1-3H,(H2,5,6,7);1-2H3. The molecule has 0 aliphatic carbocycles. The first-order chi connectivity index (χ1) is 9.24. The number of anilines is 1. The number of aromatic nitrogens is 2. The Labute approximate surface area is 115 Å². The number of nitrogens with zero attached hydrogens (tertiary/aromatic N) is 2. The largest absolute Gasteiger partial charge is 0.368 e. The van der Waals surface area contributed by atoms with Crippen molar-refractivity contribution in [3.63, 3.8) is 0 Å². The maximum absolute atomic E-state index is 5.50. The molecule has 0 saturated heterocycles. The molecule has 1 heterocycles. The Bertz CT molecular complexity index is 403. The summed E-state index contributed by atoms with van der Waals surface area (Å²) in [5.41, 5.74) is 12.0. The molecular formula is C15H24N4. The van der Waals surface area contributed by atoms with Gasteiger partial charge in [0.2, 0.25) is 5.95 Å². The van der Waals surface area contributed by atoms with Gasteiger partial charge in [-0.05, 0) is 24.1 Å². The van der Waals surface area contributed by atoms with Gasteiger partial charge in [0.25, 0.3) is 0 Å². The third kappa shape index (κ3) is 7.89. The second kappa shape index (κ2) is 11.2. The predicted octanol–water partition coefficient (Wildman–Crippen LogP) is 2.83. The van der Waals surface area contributed by atoms with Crippen molar-refractivity contribution in [2.45, 2.75) is 26.7 Å². The first-order valence-electron chi connectivity index (χ1n) is 6.51. The first kappa shape index (κ1) is 17.1. The van der Waals surface area contributed by atoms with Crippen molar-refractivity contribution >= 4 is 5.95 Å². The van der Waals surface area contributed by atoms with E-state index in [1.54, 1.807) is 18.5 Å². The van der Waals surface area contributed by atoms with Crippen molar-refractivity contribution in [1.29, 1.82) is 0 Å². The predicted molar refractivity (Wildman–Crippen MR) is 81.7 cm³/mol. The number of nitrogens with two attached hydrogens (primary N) is 2. The quantitative estimate of drug-likeness (QED) is 0.870. The highest BCUT2D eigenvalue weighted by Gasteiger charge is 1.99. The third-order valence-electron chi connectivity index (χ3n) is 2.31. The van der Waals surface area contributed by atoms with Crippen LogP contribution in [0, 0.1) is 0 Å². The van der Waals surface area contributed by atoms with Crippen molar-refractivity contribution in [1.82, 2.24) is 9.97 Å². The van der Waals surface area contributed by atoms with E-state index < -0.39 is 0 Å². The van der Waals surface area contributed by atoms with Crippen LogP contribution in [-0.4, -0.2) is 16.5 Å². The first-order valence-corrected chi connectivity index (χ1v) is 6.51. The fraction of sp³-hybridized carbons (Fsp3) is 0.333. The lowest BCUT2D eigenvalue weighted by Crippen LogP contribution is -2.08. The van der Waals surface area contributed by atoms with Crippen molar-refractivity contribution in [3.05, 3.63) is 54.4 Å². The fourth-order valence-corrected chi connectivity index (χ4v) is 1.23. The molecule has 1 unspecified atom stereocenters. The molecule has 0 aliphatic rings. The van der Waals surface area contributed by atoms with Crippen LogP contribution in [0.15, 0.2) is 48.8 Å². The smallest absolute Gasteiger partial charge is 0.219 e. The summed E-state index contributed by atoms with van der Waals surface area (Å²) in [5, 5.41) is 0. The molecule has 0 radical (unpaired) electrons. The number of nitrogen functional groups attached to an aromatic ring is 1. The molecule has 104 valence electrons. The highest BCUT2D eigenvalue weighted by atomic mass is 15.0. The Morgan fingerprint density at radius 2 is 1.53 bits per heavy atom. The van der Waals surface area contributed by atoms with Gasteiger partial charge in [-0.2, -0.15) is 0 Å².